The average molecular weight is 398 g/mol. The van der Waals surface area contributed by atoms with E-state index in [0.717, 1.165) is 11.3 Å². The largest absolute Gasteiger partial charge is 0.480 e. The number of rotatable bonds is 6. The summed E-state index contributed by atoms with van der Waals surface area (Å²) in [6.45, 7) is 0. The van der Waals surface area contributed by atoms with E-state index in [1.165, 1.54) is 12.0 Å². The Labute approximate surface area is 165 Å². The smallest absolute Gasteiger partial charge is 0.345 e. The van der Waals surface area contributed by atoms with E-state index in [4.69, 9.17) is 9.84 Å². The molecule has 0 radical (unpaired) electrons. The Bertz CT molecular complexity index is 1020. The van der Waals surface area contributed by atoms with Crippen LogP contribution < -0.4 is 10.1 Å². The second-order valence-electron chi connectivity index (χ2n) is 6.02. The number of hydrogen-bond acceptors (Lipinski definition) is 7. The SMILES string of the molecule is COc1nc(Nc2ccc(C(=O)N(C)C)cc2)ncc1-c1csc(C(=O)O)c1. The molecule has 9 heteroatoms. The van der Waals surface area contributed by atoms with Gasteiger partial charge in [0.25, 0.3) is 5.91 Å². The first-order valence-corrected chi connectivity index (χ1v) is 9.09. The number of anilines is 2. The molecule has 0 aliphatic carbocycles. The standard InChI is InChI=1S/C19H18N4O4S/c1-23(2)17(24)11-4-6-13(7-5-11)21-19-20-9-14(16(22-19)27-3)12-8-15(18(25)26)28-10-12/h4-10H,1-3H3,(H,25,26)(H,20,21,22). The van der Waals surface area contributed by atoms with Crippen LogP contribution in [0.1, 0.15) is 20.0 Å². The molecule has 2 aromatic heterocycles. The highest BCUT2D eigenvalue weighted by Crippen LogP contribution is 2.32. The van der Waals surface area contributed by atoms with E-state index in [1.54, 1.807) is 56.0 Å². The van der Waals surface area contributed by atoms with Crippen LogP contribution >= 0.6 is 11.3 Å². The quantitative estimate of drug-likeness (QED) is 0.656. The van der Waals surface area contributed by atoms with Crippen LogP contribution in [-0.4, -0.2) is 53.1 Å². The zero-order valence-electron chi connectivity index (χ0n) is 15.5. The second-order valence-corrected chi connectivity index (χ2v) is 6.93. The van der Waals surface area contributed by atoms with Crippen LogP contribution in [0.25, 0.3) is 11.1 Å². The van der Waals surface area contributed by atoms with Crippen molar-refractivity contribution < 1.29 is 19.4 Å². The van der Waals surface area contributed by atoms with Gasteiger partial charge in [0.05, 0.1) is 12.7 Å². The van der Waals surface area contributed by atoms with Crippen molar-refractivity contribution in [2.75, 3.05) is 26.5 Å². The van der Waals surface area contributed by atoms with Gasteiger partial charge in [-0.3, -0.25) is 4.79 Å². The maximum Gasteiger partial charge on any atom is 0.345 e. The summed E-state index contributed by atoms with van der Waals surface area (Å²) in [7, 11) is 4.88. The summed E-state index contributed by atoms with van der Waals surface area (Å²) in [6.07, 6.45) is 1.58. The van der Waals surface area contributed by atoms with E-state index in [1.807, 2.05) is 0 Å². The predicted octanol–water partition coefficient (Wildman–Crippen LogP) is 3.36. The van der Waals surface area contributed by atoms with E-state index in [0.29, 0.717) is 34.2 Å². The molecule has 0 atom stereocenters. The Morgan fingerprint density at radius 3 is 2.50 bits per heavy atom. The first kappa shape index (κ1) is 19.3. The van der Waals surface area contributed by atoms with Crippen molar-refractivity contribution in [2.45, 2.75) is 0 Å². The van der Waals surface area contributed by atoms with Crippen molar-refractivity contribution in [1.82, 2.24) is 14.9 Å². The molecular weight excluding hydrogens is 380 g/mol. The molecular formula is C19H18N4O4S. The number of carbonyl (C=O) groups is 2. The summed E-state index contributed by atoms with van der Waals surface area (Å²) in [5.41, 5.74) is 2.57. The molecule has 1 amide bonds. The number of benzene rings is 1. The molecule has 0 aliphatic heterocycles. The zero-order valence-corrected chi connectivity index (χ0v) is 16.3. The fraction of sp³-hybridized carbons (Fsp3) is 0.158. The lowest BCUT2D eigenvalue weighted by Crippen LogP contribution is -2.21. The first-order valence-electron chi connectivity index (χ1n) is 8.21. The number of carbonyl (C=O) groups excluding carboxylic acids is 1. The number of nitrogens with zero attached hydrogens (tertiary/aromatic N) is 3. The lowest BCUT2D eigenvalue weighted by molar-refractivity contribution is 0.0701. The van der Waals surface area contributed by atoms with Gasteiger partial charge in [-0.2, -0.15) is 4.98 Å². The number of carboxylic acid groups (broad SMARTS) is 1. The van der Waals surface area contributed by atoms with Gasteiger partial charge in [-0.25, -0.2) is 9.78 Å². The Morgan fingerprint density at radius 1 is 1.21 bits per heavy atom. The highest BCUT2D eigenvalue weighted by molar-refractivity contribution is 7.12. The molecule has 3 aromatic rings. The summed E-state index contributed by atoms with van der Waals surface area (Å²) in [5, 5.41) is 13.9. The van der Waals surface area contributed by atoms with E-state index >= 15 is 0 Å². The Balaban J connectivity index is 1.82. The lowest BCUT2D eigenvalue weighted by atomic mass is 10.1. The maximum absolute atomic E-state index is 11.9. The topological polar surface area (TPSA) is 105 Å². The van der Waals surface area contributed by atoms with Gasteiger partial charge >= 0.3 is 5.97 Å². The fourth-order valence-electron chi connectivity index (χ4n) is 2.45. The highest BCUT2D eigenvalue weighted by atomic mass is 32.1. The third kappa shape index (κ3) is 4.09. The minimum atomic E-state index is -0.981. The normalized spacial score (nSPS) is 10.4. The maximum atomic E-state index is 11.9. The Kier molecular flexibility index (Phi) is 5.55. The Hall–Kier alpha value is -3.46. The molecule has 0 fully saturated rings. The molecule has 0 unspecified atom stereocenters. The third-order valence-electron chi connectivity index (χ3n) is 3.86. The summed E-state index contributed by atoms with van der Waals surface area (Å²) >= 11 is 1.13. The number of hydrogen-bond donors (Lipinski definition) is 2. The fourth-order valence-corrected chi connectivity index (χ4v) is 3.20. The summed E-state index contributed by atoms with van der Waals surface area (Å²) < 4.78 is 5.34. The molecule has 3 rings (SSSR count). The number of thiophene rings is 1. The molecule has 2 heterocycles. The molecule has 1 aromatic carbocycles. The summed E-state index contributed by atoms with van der Waals surface area (Å²) in [4.78, 5) is 33.4. The number of aromatic nitrogens is 2. The van der Waals surface area contributed by atoms with Gasteiger partial charge in [-0.05, 0) is 35.7 Å². The van der Waals surface area contributed by atoms with Gasteiger partial charge in [-0.1, -0.05) is 0 Å². The zero-order chi connectivity index (χ0) is 20.3. The molecule has 2 N–H and O–H groups in total. The second kappa shape index (κ2) is 8.05. The highest BCUT2D eigenvalue weighted by Gasteiger charge is 2.15. The molecule has 144 valence electrons. The molecule has 0 saturated carbocycles. The Morgan fingerprint density at radius 2 is 1.93 bits per heavy atom. The van der Waals surface area contributed by atoms with E-state index in [-0.39, 0.29) is 10.8 Å². The molecule has 28 heavy (non-hydrogen) atoms. The molecule has 0 spiro atoms. The van der Waals surface area contributed by atoms with Crippen LogP contribution in [0.2, 0.25) is 0 Å². The predicted molar refractivity (Wildman–Crippen MR) is 107 cm³/mol. The van der Waals surface area contributed by atoms with Gasteiger partial charge in [0.1, 0.15) is 4.88 Å². The van der Waals surface area contributed by atoms with E-state index in [9.17, 15) is 9.59 Å². The number of amides is 1. The number of aromatic carboxylic acids is 1. The van der Waals surface area contributed by atoms with Crippen LogP contribution in [0.5, 0.6) is 5.88 Å². The summed E-state index contributed by atoms with van der Waals surface area (Å²) in [6, 6.07) is 8.52. The van der Waals surface area contributed by atoms with Gasteiger partial charge in [-0.15, -0.1) is 11.3 Å². The molecule has 8 nitrogen and oxygen atoms in total. The lowest BCUT2D eigenvalue weighted by Gasteiger charge is -2.11. The van der Waals surface area contributed by atoms with Gasteiger partial charge in [0.2, 0.25) is 11.8 Å². The van der Waals surface area contributed by atoms with Crippen molar-refractivity contribution in [1.29, 1.82) is 0 Å². The van der Waals surface area contributed by atoms with Crippen LogP contribution in [0.4, 0.5) is 11.6 Å². The van der Waals surface area contributed by atoms with Crippen molar-refractivity contribution in [3.63, 3.8) is 0 Å². The molecule has 0 saturated heterocycles. The molecule has 0 aliphatic rings. The van der Waals surface area contributed by atoms with Crippen molar-refractivity contribution in [2.24, 2.45) is 0 Å². The van der Waals surface area contributed by atoms with Crippen molar-refractivity contribution >= 4 is 34.8 Å². The van der Waals surface area contributed by atoms with E-state index < -0.39 is 5.97 Å². The monoisotopic (exact) mass is 398 g/mol. The van der Waals surface area contributed by atoms with Gasteiger partial charge < -0.3 is 20.1 Å². The summed E-state index contributed by atoms with van der Waals surface area (Å²) in [5.74, 6) is -0.413. The van der Waals surface area contributed by atoms with Gasteiger partial charge in [0.15, 0.2) is 0 Å². The van der Waals surface area contributed by atoms with Crippen molar-refractivity contribution in [3.8, 4) is 17.0 Å². The van der Waals surface area contributed by atoms with Crippen LogP contribution in [-0.2, 0) is 0 Å². The first-order chi connectivity index (χ1) is 13.4. The van der Waals surface area contributed by atoms with E-state index in [2.05, 4.69) is 15.3 Å². The average Bonchev–Trinajstić information content (AvgIpc) is 3.18. The minimum absolute atomic E-state index is 0.0784. The van der Waals surface area contributed by atoms with Crippen molar-refractivity contribution in [3.05, 3.63) is 52.3 Å². The molecule has 0 bridgehead atoms. The van der Waals surface area contributed by atoms with Gasteiger partial charge in [0, 0.05) is 37.1 Å². The van der Waals surface area contributed by atoms with Crippen LogP contribution in [0, 0.1) is 0 Å². The number of ether oxygens (including phenoxy) is 1. The number of methoxy groups -OCH3 is 1. The third-order valence-corrected chi connectivity index (χ3v) is 4.78. The number of nitrogens with one attached hydrogen (secondary N) is 1. The minimum Gasteiger partial charge on any atom is -0.480 e. The van der Waals surface area contributed by atoms with Crippen LogP contribution in [0.3, 0.4) is 0 Å². The number of carboxylic acids is 1. The van der Waals surface area contributed by atoms with Crippen LogP contribution in [0.15, 0.2) is 41.9 Å².